The Hall–Kier alpha value is -3.92. The number of fused-ring (bicyclic) bond motifs is 1. The lowest BCUT2D eigenvalue weighted by molar-refractivity contribution is -0.117. The monoisotopic (exact) mass is 415 g/mol. The molecule has 4 rings (SSSR count). The van der Waals surface area contributed by atoms with Crippen LogP contribution in [0.5, 0.6) is 0 Å². The molecule has 1 amide bonds. The minimum Gasteiger partial charge on any atom is -0.454 e. The first kappa shape index (κ1) is 20.4. The topological polar surface area (TPSA) is 92.4 Å². The molecule has 31 heavy (non-hydrogen) atoms. The average molecular weight is 415 g/mol. The van der Waals surface area contributed by atoms with Gasteiger partial charge >= 0.3 is 5.97 Å². The normalized spacial score (nSPS) is 13.4. The van der Waals surface area contributed by atoms with Gasteiger partial charge in [0.2, 0.25) is 11.7 Å². The van der Waals surface area contributed by atoms with Gasteiger partial charge in [-0.05, 0) is 30.7 Å². The molecule has 2 aromatic carbocycles. The number of benzene rings is 2. The summed E-state index contributed by atoms with van der Waals surface area (Å²) in [5.41, 5.74) is 2.26. The van der Waals surface area contributed by atoms with Crippen molar-refractivity contribution in [1.29, 1.82) is 5.26 Å². The fourth-order valence-electron chi connectivity index (χ4n) is 3.84. The highest BCUT2D eigenvalue weighted by Gasteiger charge is 2.23. The number of esters is 1. The van der Waals surface area contributed by atoms with Crippen LogP contribution in [0.3, 0.4) is 0 Å². The molecular weight excluding hydrogens is 394 g/mol. The van der Waals surface area contributed by atoms with Gasteiger partial charge in [0.05, 0.1) is 18.1 Å². The van der Waals surface area contributed by atoms with Gasteiger partial charge in [0.1, 0.15) is 0 Å². The highest BCUT2D eigenvalue weighted by atomic mass is 16.5. The Balaban J connectivity index is 1.47. The smallest absolute Gasteiger partial charge is 0.338 e. The van der Waals surface area contributed by atoms with Crippen molar-refractivity contribution in [1.82, 2.24) is 4.57 Å². The van der Waals surface area contributed by atoms with E-state index in [1.165, 1.54) is 0 Å². The predicted octanol–water partition coefficient (Wildman–Crippen LogP) is 3.72. The van der Waals surface area contributed by atoms with Crippen LogP contribution in [0.25, 0.3) is 10.9 Å². The largest absolute Gasteiger partial charge is 0.454 e. The van der Waals surface area contributed by atoms with Gasteiger partial charge in [-0.3, -0.25) is 9.59 Å². The molecule has 0 radical (unpaired) electrons. The van der Waals surface area contributed by atoms with Crippen LogP contribution in [0.2, 0.25) is 0 Å². The second-order valence-electron chi connectivity index (χ2n) is 7.36. The van der Waals surface area contributed by atoms with Crippen molar-refractivity contribution in [3.8, 4) is 6.07 Å². The van der Waals surface area contributed by atoms with Crippen LogP contribution < -0.4 is 4.90 Å². The number of ether oxygens (including phenoxy) is 1. The molecular formula is C24H21N3O4. The van der Waals surface area contributed by atoms with Gasteiger partial charge in [-0.15, -0.1) is 0 Å². The molecule has 0 spiro atoms. The van der Waals surface area contributed by atoms with Crippen LogP contribution in [0, 0.1) is 11.3 Å². The van der Waals surface area contributed by atoms with Crippen LogP contribution in [-0.2, 0) is 16.1 Å². The summed E-state index contributed by atoms with van der Waals surface area (Å²) in [6.07, 6.45) is 3.34. The maximum Gasteiger partial charge on any atom is 0.338 e. The Morgan fingerprint density at radius 3 is 2.74 bits per heavy atom. The molecule has 0 N–H and O–H groups in total. The van der Waals surface area contributed by atoms with Crippen LogP contribution in [-0.4, -0.2) is 35.4 Å². The molecule has 1 aromatic heterocycles. The van der Waals surface area contributed by atoms with Gasteiger partial charge in [-0.2, -0.15) is 5.26 Å². The molecule has 7 nitrogen and oxygen atoms in total. The lowest BCUT2D eigenvalue weighted by atomic mass is 10.1. The van der Waals surface area contributed by atoms with Gasteiger partial charge in [-0.1, -0.05) is 24.3 Å². The van der Waals surface area contributed by atoms with Crippen LogP contribution in [0.4, 0.5) is 5.69 Å². The summed E-state index contributed by atoms with van der Waals surface area (Å²) in [5, 5.41) is 9.62. The molecule has 1 saturated heterocycles. The number of ketones is 1. The summed E-state index contributed by atoms with van der Waals surface area (Å²) in [4.78, 5) is 38.9. The molecule has 1 aliphatic rings. The van der Waals surface area contributed by atoms with E-state index in [0.717, 1.165) is 17.3 Å². The Morgan fingerprint density at radius 1 is 1.13 bits per heavy atom. The Morgan fingerprint density at radius 2 is 1.97 bits per heavy atom. The van der Waals surface area contributed by atoms with Gasteiger partial charge in [0.15, 0.2) is 6.61 Å². The number of nitrogens with zero attached hydrogens (tertiary/aromatic N) is 3. The van der Waals surface area contributed by atoms with E-state index < -0.39 is 12.6 Å². The Kier molecular flexibility index (Phi) is 5.80. The van der Waals surface area contributed by atoms with Gasteiger partial charge in [0.25, 0.3) is 0 Å². The van der Waals surface area contributed by atoms with Gasteiger partial charge in [0, 0.05) is 47.9 Å². The number of para-hydroxylation sites is 1. The number of Topliss-reactive ketones (excluding diaryl/α,β-unsaturated/α-hetero) is 1. The van der Waals surface area contributed by atoms with E-state index in [1.807, 2.05) is 28.8 Å². The molecule has 0 bridgehead atoms. The number of hydrogen-bond acceptors (Lipinski definition) is 5. The number of rotatable bonds is 7. The fourth-order valence-corrected chi connectivity index (χ4v) is 3.84. The standard InChI is InChI=1S/C24H21N3O4/c25-11-5-12-26-15-20(19-8-1-2-9-21(19)26)22(28)16-31-24(30)17-6-3-7-18(14-17)27-13-4-10-23(27)29/h1-3,6-9,14-15H,4-5,10,12-13,16H2. The zero-order chi connectivity index (χ0) is 21.8. The summed E-state index contributed by atoms with van der Waals surface area (Å²) in [5.74, 6) is -0.894. The van der Waals surface area contributed by atoms with E-state index in [0.29, 0.717) is 42.7 Å². The third-order valence-corrected chi connectivity index (χ3v) is 5.35. The summed E-state index contributed by atoms with van der Waals surface area (Å²) in [6, 6.07) is 16.2. The summed E-state index contributed by atoms with van der Waals surface area (Å²) >= 11 is 0. The van der Waals surface area contributed by atoms with Crippen molar-refractivity contribution in [3.63, 3.8) is 0 Å². The van der Waals surface area contributed by atoms with Crippen molar-refractivity contribution in [2.75, 3.05) is 18.1 Å². The first-order chi connectivity index (χ1) is 15.1. The molecule has 0 unspecified atom stereocenters. The number of aromatic nitrogens is 1. The van der Waals surface area contributed by atoms with Gasteiger partial charge < -0.3 is 14.2 Å². The number of anilines is 1. The van der Waals surface area contributed by atoms with E-state index in [1.54, 1.807) is 35.4 Å². The lowest BCUT2D eigenvalue weighted by Gasteiger charge is -2.16. The third-order valence-electron chi connectivity index (χ3n) is 5.35. The van der Waals surface area contributed by atoms with Crippen LogP contribution in [0.15, 0.2) is 54.7 Å². The minimum absolute atomic E-state index is 0.0356. The number of hydrogen-bond donors (Lipinski definition) is 0. The van der Waals surface area contributed by atoms with Crippen molar-refractivity contribution >= 4 is 34.3 Å². The third kappa shape index (κ3) is 4.19. The molecule has 0 aliphatic carbocycles. The number of aryl methyl sites for hydroxylation is 1. The van der Waals surface area contributed by atoms with Crippen LogP contribution >= 0.6 is 0 Å². The highest BCUT2D eigenvalue weighted by Crippen LogP contribution is 2.24. The first-order valence-corrected chi connectivity index (χ1v) is 10.1. The second kappa shape index (κ2) is 8.84. The first-order valence-electron chi connectivity index (χ1n) is 10.1. The van der Waals surface area contributed by atoms with E-state index in [9.17, 15) is 14.4 Å². The van der Waals surface area contributed by atoms with E-state index in [2.05, 4.69) is 6.07 Å². The summed E-state index contributed by atoms with van der Waals surface area (Å²) < 4.78 is 7.14. The predicted molar refractivity (Wildman–Crippen MR) is 115 cm³/mol. The maximum atomic E-state index is 12.8. The molecule has 1 fully saturated rings. The van der Waals surface area contributed by atoms with Gasteiger partial charge in [-0.25, -0.2) is 4.79 Å². The Labute approximate surface area is 179 Å². The number of amides is 1. The molecule has 7 heteroatoms. The number of carbonyl (C=O) groups excluding carboxylic acids is 3. The Bertz CT molecular complexity index is 1200. The highest BCUT2D eigenvalue weighted by molar-refractivity contribution is 6.09. The molecule has 156 valence electrons. The van der Waals surface area contributed by atoms with Crippen LogP contribution in [0.1, 0.15) is 40.0 Å². The zero-order valence-corrected chi connectivity index (χ0v) is 16.9. The van der Waals surface area contributed by atoms with Crippen molar-refractivity contribution in [3.05, 3.63) is 65.9 Å². The molecule has 0 atom stereocenters. The quantitative estimate of drug-likeness (QED) is 0.433. The van der Waals surface area contributed by atoms with E-state index in [4.69, 9.17) is 10.00 Å². The lowest BCUT2D eigenvalue weighted by Crippen LogP contribution is -2.24. The van der Waals surface area contributed by atoms with Crippen molar-refractivity contribution in [2.24, 2.45) is 0 Å². The fraction of sp³-hybridized carbons (Fsp3) is 0.250. The van der Waals surface area contributed by atoms with E-state index in [-0.39, 0.29) is 11.7 Å². The molecule has 1 aliphatic heterocycles. The molecule has 0 saturated carbocycles. The van der Waals surface area contributed by atoms with Crippen molar-refractivity contribution in [2.45, 2.75) is 25.8 Å². The second-order valence-corrected chi connectivity index (χ2v) is 7.36. The minimum atomic E-state index is -0.616. The number of nitriles is 1. The number of carbonyl (C=O) groups is 3. The van der Waals surface area contributed by atoms with Crippen molar-refractivity contribution < 1.29 is 19.1 Å². The summed E-state index contributed by atoms with van der Waals surface area (Å²) in [6.45, 7) is 0.718. The molecule has 2 heterocycles. The van der Waals surface area contributed by atoms with E-state index >= 15 is 0 Å². The SMILES string of the molecule is N#CCCn1cc(C(=O)COC(=O)c2cccc(N3CCCC3=O)c2)c2ccccc21. The summed E-state index contributed by atoms with van der Waals surface area (Å²) in [7, 11) is 0. The average Bonchev–Trinajstić information content (AvgIpc) is 3.39. The maximum absolute atomic E-state index is 12.8. The molecule has 3 aromatic rings. The zero-order valence-electron chi connectivity index (χ0n) is 16.9.